The molecule has 1 amide bonds. The van der Waals surface area contributed by atoms with Crippen LogP contribution in [0.5, 0.6) is 0 Å². The smallest absolute Gasteiger partial charge is 0.341 e. The minimum absolute atomic E-state index is 0.116. The van der Waals surface area contributed by atoms with E-state index in [1.54, 1.807) is 5.38 Å². The van der Waals surface area contributed by atoms with Crippen LogP contribution in [-0.2, 0) is 9.53 Å². The molecule has 10 heteroatoms. The summed E-state index contributed by atoms with van der Waals surface area (Å²) in [5, 5.41) is 13.1. The van der Waals surface area contributed by atoms with Gasteiger partial charge in [-0.3, -0.25) is 4.79 Å². The molecule has 1 N–H and O–H groups in total. The SMILES string of the molecule is N#Cc1ccsc1NC(=O)COC(=O)c1cccnc1SC(F)F. The van der Waals surface area contributed by atoms with Crippen LogP contribution in [-0.4, -0.2) is 29.2 Å². The lowest BCUT2D eigenvalue weighted by atomic mass is 10.3. The lowest BCUT2D eigenvalue weighted by Crippen LogP contribution is -2.21. The Bertz CT molecular complexity index is 790. The molecular weight excluding hydrogens is 360 g/mol. The molecule has 0 fully saturated rings. The fraction of sp³-hybridized carbons (Fsp3) is 0.143. The number of anilines is 1. The predicted molar refractivity (Wildman–Crippen MR) is 84.0 cm³/mol. The Balaban J connectivity index is 1.96. The summed E-state index contributed by atoms with van der Waals surface area (Å²) in [5.74, 6) is -4.32. The minimum atomic E-state index is -2.74. The maximum Gasteiger partial charge on any atom is 0.341 e. The van der Waals surface area contributed by atoms with Crippen molar-refractivity contribution < 1.29 is 23.1 Å². The molecule has 0 atom stereocenters. The highest BCUT2D eigenvalue weighted by Gasteiger charge is 2.19. The van der Waals surface area contributed by atoms with E-state index in [0.29, 0.717) is 10.6 Å². The first-order chi connectivity index (χ1) is 11.5. The molecule has 2 aromatic heterocycles. The zero-order valence-electron chi connectivity index (χ0n) is 11.9. The third-order valence-corrected chi connectivity index (χ3v) is 4.12. The van der Waals surface area contributed by atoms with E-state index in [1.165, 1.54) is 24.4 Å². The van der Waals surface area contributed by atoms with Crippen molar-refractivity contribution in [1.82, 2.24) is 4.98 Å². The van der Waals surface area contributed by atoms with E-state index in [1.807, 2.05) is 6.07 Å². The molecule has 0 aromatic carbocycles. The van der Waals surface area contributed by atoms with Crippen molar-refractivity contribution in [2.45, 2.75) is 10.8 Å². The molecule has 0 radical (unpaired) electrons. The molecule has 0 bridgehead atoms. The number of carbonyl (C=O) groups excluding carboxylic acids is 2. The second-order valence-corrected chi connectivity index (χ2v) is 6.03. The van der Waals surface area contributed by atoms with Gasteiger partial charge in [0.2, 0.25) is 0 Å². The van der Waals surface area contributed by atoms with Crippen LogP contribution in [0.2, 0.25) is 0 Å². The van der Waals surface area contributed by atoms with Gasteiger partial charge in [0.25, 0.3) is 11.7 Å². The van der Waals surface area contributed by atoms with Crippen LogP contribution < -0.4 is 5.32 Å². The number of nitriles is 1. The maximum absolute atomic E-state index is 12.4. The van der Waals surface area contributed by atoms with Crippen molar-refractivity contribution in [2.75, 3.05) is 11.9 Å². The van der Waals surface area contributed by atoms with E-state index >= 15 is 0 Å². The Labute approximate surface area is 143 Å². The molecule has 2 aromatic rings. The van der Waals surface area contributed by atoms with Crippen molar-refractivity contribution in [1.29, 1.82) is 5.26 Å². The van der Waals surface area contributed by atoms with E-state index in [9.17, 15) is 18.4 Å². The molecule has 0 aliphatic heterocycles. The number of ether oxygens (including phenoxy) is 1. The number of amides is 1. The quantitative estimate of drug-likeness (QED) is 0.621. The first-order valence-electron chi connectivity index (χ1n) is 6.35. The van der Waals surface area contributed by atoms with Crippen molar-refractivity contribution in [3.05, 3.63) is 40.9 Å². The Kier molecular flexibility index (Phi) is 6.22. The number of aromatic nitrogens is 1. The highest BCUT2D eigenvalue weighted by atomic mass is 32.2. The van der Waals surface area contributed by atoms with Gasteiger partial charge < -0.3 is 10.1 Å². The summed E-state index contributed by atoms with van der Waals surface area (Å²) in [6, 6.07) is 6.12. The topological polar surface area (TPSA) is 92.1 Å². The van der Waals surface area contributed by atoms with Crippen molar-refractivity contribution >= 4 is 40.0 Å². The Morgan fingerprint density at radius 2 is 2.25 bits per heavy atom. The zero-order chi connectivity index (χ0) is 17.5. The summed E-state index contributed by atoms with van der Waals surface area (Å²) in [7, 11) is 0. The van der Waals surface area contributed by atoms with Gasteiger partial charge in [-0.2, -0.15) is 14.0 Å². The summed E-state index contributed by atoms with van der Waals surface area (Å²) < 4.78 is 29.7. The highest BCUT2D eigenvalue weighted by Crippen LogP contribution is 2.26. The first kappa shape index (κ1) is 17.8. The molecule has 6 nitrogen and oxygen atoms in total. The normalized spacial score (nSPS) is 10.2. The molecule has 0 saturated carbocycles. The lowest BCUT2D eigenvalue weighted by Gasteiger charge is -2.08. The second kappa shape index (κ2) is 8.37. The van der Waals surface area contributed by atoms with E-state index in [-0.39, 0.29) is 22.4 Å². The molecule has 2 heterocycles. The monoisotopic (exact) mass is 369 g/mol. The number of esters is 1. The summed E-state index contributed by atoms with van der Waals surface area (Å²) in [6.45, 7) is -0.616. The van der Waals surface area contributed by atoms with Gasteiger partial charge in [-0.15, -0.1) is 11.3 Å². The molecule has 0 saturated heterocycles. The zero-order valence-corrected chi connectivity index (χ0v) is 13.5. The van der Waals surface area contributed by atoms with Gasteiger partial charge in [-0.1, -0.05) is 0 Å². The molecular formula is C14H9F2N3O3S2. The van der Waals surface area contributed by atoms with E-state index < -0.39 is 24.2 Å². The molecule has 0 aliphatic rings. The molecule has 24 heavy (non-hydrogen) atoms. The van der Waals surface area contributed by atoms with Crippen molar-refractivity contribution in [2.24, 2.45) is 0 Å². The minimum Gasteiger partial charge on any atom is -0.452 e. The predicted octanol–water partition coefficient (Wildman–Crippen LogP) is 3.12. The number of hydrogen-bond donors (Lipinski definition) is 1. The van der Waals surface area contributed by atoms with Gasteiger partial charge in [-0.25, -0.2) is 9.78 Å². The summed E-state index contributed by atoms with van der Waals surface area (Å²) in [5.41, 5.74) is 0.145. The first-order valence-corrected chi connectivity index (χ1v) is 8.11. The number of thiophene rings is 1. The fourth-order valence-corrected chi connectivity index (χ4v) is 2.91. The van der Waals surface area contributed by atoms with Gasteiger partial charge in [0.15, 0.2) is 6.61 Å². The van der Waals surface area contributed by atoms with Crippen LogP contribution in [0.3, 0.4) is 0 Å². The highest BCUT2D eigenvalue weighted by molar-refractivity contribution is 7.99. The largest absolute Gasteiger partial charge is 0.452 e. The van der Waals surface area contributed by atoms with Crippen LogP contribution in [0.15, 0.2) is 34.8 Å². The molecule has 0 unspecified atom stereocenters. The van der Waals surface area contributed by atoms with Gasteiger partial charge in [0.1, 0.15) is 16.1 Å². The summed E-state index contributed by atoms with van der Waals surface area (Å²) in [4.78, 5) is 27.4. The van der Waals surface area contributed by atoms with Crippen LogP contribution in [0.1, 0.15) is 15.9 Å². The van der Waals surface area contributed by atoms with E-state index in [2.05, 4.69) is 10.3 Å². The standard InChI is InChI=1S/C14H9F2N3O3S2/c15-14(16)24-12-9(2-1-4-18-12)13(21)22-7-10(20)19-11-8(6-17)3-5-23-11/h1-5,14H,7H2,(H,19,20). The van der Waals surface area contributed by atoms with Crippen LogP contribution in [0.25, 0.3) is 0 Å². The van der Waals surface area contributed by atoms with Crippen LogP contribution >= 0.6 is 23.1 Å². The van der Waals surface area contributed by atoms with Gasteiger partial charge >= 0.3 is 5.97 Å². The number of thioether (sulfide) groups is 1. The molecule has 124 valence electrons. The average Bonchev–Trinajstić information content (AvgIpc) is 2.99. The number of halogens is 2. The number of rotatable bonds is 6. The number of nitrogens with zero attached hydrogens (tertiary/aromatic N) is 2. The Morgan fingerprint density at radius 1 is 1.46 bits per heavy atom. The fourth-order valence-electron chi connectivity index (χ4n) is 1.59. The lowest BCUT2D eigenvalue weighted by molar-refractivity contribution is -0.119. The number of pyridine rings is 1. The van der Waals surface area contributed by atoms with Crippen LogP contribution in [0.4, 0.5) is 13.8 Å². The third-order valence-electron chi connectivity index (χ3n) is 2.56. The molecule has 0 spiro atoms. The number of alkyl halides is 2. The Hall–Kier alpha value is -2.51. The van der Waals surface area contributed by atoms with Crippen molar-refractivity contribution in [3.63, 3.8) is 0 Å². The number of nitrogens with one attached hydrogen (secondary N) is 1. The summed E-state index contributed by atoms with van der Waals surface area (Å²) >= 11 is 1.27. The summed E-state index contributed by atoms with van der Waals surface area (Å²) in [6.07, 6.45) is 1.27. The number of carbonyl (C=O) groups is 2. The maximum atomic E-state index is 12.4. The van der Waals surface area contributed by atoms with Gasteiger partial charge in [0, 0.05) is 6.20 Å². The van der Waals surface area contributed by atoms with Crippen molar-refractivity contribution in [3.8, 4) is 6.07 Å². The second-order valence-electron chi connectivity index (χ2n) is 4.13. The van der Waals surface area contributed by atoms with Crippen LogP contribution in [0, 0.1) is 11.3 Å². The van der Waals surface area contributed by atoms with E-state index in [4.69, 9.17) is 10.00 Å². The van der Waals surface area contributed by atoms with Gasteiger partial charge in [0.05, 0.1) is 11.1 Å². The number of hydrogen-bond acceptors (Lipinski definition) is 7. The third kappa shape index (κ3) is 4.74. The Morgan fingerprint density at radius 3 is 2.96 bits per heavy atom. The molecule has 0 aliphatic carbocycles. The average molecular weight is 369 g/mol. The molecule has 2 rings (SSSR count). The van der Waals surface area contributed by atoms with Gasteiger partial charge in [-0.05, 0) is 35.3 Å². The van der Waals surface area contributed by atoms with E-state index in [0.717, 1.165) is 11.3 Å².